The zero-order chi connectivity index (χ0) is 15.6. The maximum atomic E-state index is 10.3. The standard InChI is InChI=1S/C18H28ClNO/c1-13(14-5-7-16(19)8-6-14)20(4)12-15-11-18(2,3)10-9-17(15)21/h5-8,13,15,17,21H,9-12H2,1-4H3. The molecule has 21 heavy (non-hydrogen) atoms. The fourth-order valence-electron chi connectivity index (χ4n) is 3.43. The van der Waals surface area contributed by atoms with Crippen LogP contribution in [0.3, 0.4) is 0 Å². The van der Waals surface area contributed by atoms with Crippen LogP contribution in [0.1, 0.15) is 51.6 Å². The van der Waals surface area contributed by atoms with Crippen LogP contribution in [0.4, 0.5) is 0 Å². The molecule has 1 N–H and O–H groups in total. The minimum Gasteiger partial charge on any atom is -0.393 e. The molecule has 0 spiro atoms. The third-order valence-electron chi connectivity index (χ3n) is 5.01. The summed E-state index contributed by atoms with van der Waals surface area (Å²) in [6, 6.07) is 8.40. The first-order valence-corrected chi connectivity index (χ1v) is 8.30. The highest BCUT2D eigenvalue weighted by Crippen LogP contribution is 2.39. The van der Waals surface area contributed by atoms with Crippen LogP contribution in [0.15, 0.2) is 24.3 Å². The molecule has 1 aliphatic rings. The first-order valence-electron chi connectivity index (χ1n) is 7.92. The first kappa shape index (κ1) is 16.8. The summed E-state index contributed by atoms with van der Waals surface area (Å²) >= 11 is 5.96. The average Bonchev–Trinajstić information content (AvgIpc) is 2.42. The summed E-state index contributed by atoms with van der Waals surface area (Å²) in [4.78, 5) is 2.35. The Bertz CT molecular complexity index is 457. The van der Waals surface area contributed by atoms with Gasteiger partial charge in [-0.2, -0.15) is 0 Å². The fourth-order valence-corrected chi connectivity index (χ4v) is 3.56. The molecule has 0 heterocycles. The van der Waals surface area contributed by atoms with Crippen molar-refractivity contribution in [2.75, 3.05) is 13.6 Å². The molecule has 3 atom stereocenters. The summed E-state index contributed by atoms with van der Waals surface area (Å²) in [6.45, 7) is 7.78. The van der Waals surface area contributed by atoms with Crippen molar-refractivity contribution in [3.63, 3.8) is 0 Å². The van der Waals surface area contributed by atoms with Crippen molar-refractivity contribution in [2.45, 2.75) is 52.2 Å². The van der Waals surface area contributed by atoms with Crippen molar-refractivity contribution in [1.29, 1.82) is 0 Å². The Morgan fingerprint density at radius 1 is 1.33 bits per heavy atom. The van der Waals surface area contributed by atoms with E-state index in [0.717, 1.165) is 30.8 Å². The second-order valence-corrected chi connectivity index (χ2v) is 7.84. The monoisotopic (exact) mass is 309 g/mol. The summed E-state index contributed by atoms with van der Waals surface area (Å²) in [5.74, 6) is 0.369. The molecule has 0 aliphatic heterocycles. The molecule has 2 nitrogen and oxygen atoms in total. The molecule has 118 valence electrons. The average molecular weight is 310 g/mol. The maximum absolute atomic E-state index is 10.3. The Kier molecular flexibility index (Phi) is 5.34. The van der Waals surface area contributed by atoms with Crippen molar-refractivity contribution >= 4 is 11.6 Å². The molecule has 0 bridgehead atoms. The minimum atomic E-state index is -0.155. The first-order chi connectivity index (χ1) is 9.78. The number of hydrogen-bond acceptors (Lipinski definition) is 2. The molecule has 1 aromatic carbocycles. The Labute approximate surface area is 134 Å². The van der Waals surface area contributed by atoms with Crippen LogP contribution in [0.5, 0.6) is 0 Å². The number of hydrogen-bond donors (Lipinski definition) is 1. The smallest absolute Gasteiger partial charge is 0.0581 e. The highest BCUT2D eigenvalue weighted by atomic mass is 35.5. The van der Waals surface area contributed by atoms with E-state index in [9.17, 15) is 5.11 Å². The van der Waals surface area contributed by atoms with E-state index in [1.54, 1.807) is 0 Å². The normalized spacial score (nSPS) is 26.8. The quantitative estimate of drug-likeness (QED) is 0.884. The highest BCUT2D eigenvalue weighted by molar-refractivity contribution is 6.30. The molecule has 2 rings (SSSR count). The lowest BCUT2D eigenvalue weighted by atomic mass is 9.70. The fraction of sp³-hybridized carbons (Fsp3) is 0.667. The molecule has 0 radical (unpaired) electrons. The molecule has 0 aromatic heterocycles. The molecule has 0 saturated heterocycles. The van der Waals surface area contributed by atoms with Gasteiger partial charge in [0.15, 0.2) is 0 Å². The van der Waals surface area contributed by atoms with Crippen LogP contribution in [0.2, 0.25) is 5.02 Å². The lowest BCUT2D eigenvalue weighted by molar-refractivity contribution is 0.00294. The zero-order valence-electron chi connectivity index (χ0n) is 13.6. The molecule has 1 fully saturated rings. The van der Waals surface area contributed by atoms with Gasteiger partial charge >= 0.3 is 0 Å². The van der Waals surface area contributed by atoms with Crippen molar-refractivity contribution in [2.24, 2.45) is 11.3 Å². The van der Waals surface area contributed by atoms with Gasteiger partial charge in [0.2, 0.25) is 0 Å². The summed E-state index contributed by atoms with van der Waals surface area (Å²) in [5, 5.41) is 11.1. The minimum absolute atomic E-state index is 0.155. The van der Waals surface area contributed by atoms with Gasteiger partial charge in [0.25, 0.3) is 0 Å². The number of aliphatic hydroxyl groups is 1. The lowest BCUT2D eigenvalue weighted by Gasteiger charge is -2.41. The van der Waals surface area contributed by atoms with Crippen LogP contribution in [0.25, 0.3) is 0 Å². The number of halogens is 1. The number of benzene rings is 1. The molecule has 3 unspecified atom stereocenters. The van der Waals surface area contributed by atoms with E-state index in [4.69, 9.17) is 11.6 Å². The van der Waals surface area contributed by atoms with Crippen molar-refractivity contribution in [3.8, 4) is 0 Å². The van der Waals surface area contributed by atoms with E-state index in [1.165, 1.54) is 5.56 Å². The third kappa shape index (κ3) is 4.45. The number of nitrogens with zero attached hydrogens (tertiary/aromatic N) is 1. The van der Waals surface area contributed by atoms with Crippen molar-refractivity contribution < 1.29 is 5.11 Å². The van der Waals surface area contributed by atoms with E-state index < -0.39 is 0 Å². The molecule has 1 aliphatic carbocycles. The number of aliphatic hydroxyl groups excluding tert-OH is 1. The summed E-state index contributed by atoms with van der Waals surface area (Å²) in [7, 11) is 2.15. The Balaban J connectivity index is 1.99. The lowest BCUT2D eigenvalue weighted by Crippen LogP contribution is -2.40. The predicted octanol–water partition coefficient (Wildman–Crippen LogP) is 4.52. The van der Waals surface area contributed by atoms with Gasteiger partial charge in [-0.25, -0.2) is 0 Å². The summed E-state index contributed by atoms with van der Waals surface area (Å²) < 4.78 is 0. The van der Waals surface area contributed by atoms with Gasteiger partial charge in [0.05, 0.1) is 6.10 Å². The maximum Gasteiger partial charge on any atom is 0.0581 e. The third-order valence-corrected chi connectivity index (χ3v) is 5.26. The van der Waals surface area contributed by atoms with Gasteiger partial charge in [0.1, 0.15) is 0 Å². The van der Waals surface area contributed by atoms with Crippen molar-refractivity contribution in [1.82, 2.24) is 4.90 Å². The van der Waals surface area contributed by atoms with E-state index in [2.05, 4.69) is 44.9 Å². The molecule has 1 aromatic rings. The molecule has 0 amide bonds. The van der Waals surface area contributed by atoms with Gasteiger partial charge in [-0.3, -0.25) is 4.90 Å². The van der Waals surface area contributed by atoms with Crippen molar-refractivity contribution in [3.05, 3.63) is 34.9 Å². The van der Waals surface area contributed by atoms with Crippen LogP contribution in [0, 0.1) is 11.3 Å². The van der Waals surface area contributed by atoms with Crippen LogP contribution in [-0.2, 0) is 0 Å². The van der Waals surface area contributed by atoms with Gasteiger partial charge in [-0.15, -0.1) is 0 Å². The van der Waals surface area contributed by atoms with Gasteiger partial charge in [-0.05, 0) is 62.3 Å². The summed E-state index contributed by atoms with van der Waals surface area (Å²) in [6.07, 6.45) is 3.01. The van der Waals surface area contributed by atoms with E-state index in [0.29, 0.717) is 17.4 Å². The highest BCUT2D eigenvalue weighted by Gasteiger charge is 2.34. The summed E-state index contributed by atoms with van der Waals surface area (Å²) in [5.41, 5.74) is 1.63. The van der Waals surface area contributed by atoms with E-state index in [1.807, 2.05) is 12.1 Å². The second kappa shape index (κ2) is 6.68. The zero-order valence-corrected chi connectivity index (χ0v) is 14.4. The Hall–Kier alpha value is -0.570. The van der Waals surface area contributed by atoms with E-state index >= 15 is 0 Å². The van der Waals surface area contributed by atoms with Crippen LogP contribution in [-0.4, -0.2) is 29.7 Å². The van der Waals surface area contributed by atoms with Gasteiger partial charge < -0.3 is 5.11 Å². The predicted molar refractivity (Wildman–Crippen MR) is 89.6 cm³/mol. The van der Waals surface area contributed by atoms with Gasteiger partial charge in [-0.1, -0.05) is 37.6 Å². The molecular weight excluding hydrogens is 282 g/mol. The molecule has 1 saturated carbocycles. The largest absolute Gasteiger partial charge is 0.393 e. The Morgan fingerprint density at radius 2 is 1.95 bits per heavy atom. The van der Waals surface area contributed by atoms with Crippen LogP contribution < -0.4 is 0 Å². The molecule has 3 heteroatoms. The van der Waals surface area contributed by atoms with Crippen LogP contribution >= 0.6 is 11.6 Å². The Morgan fingerprint density at radius 3 is 2.57 bits per heavy atom. The number of rotatable bonds is 4. The molecular formula is C18H28ClNO. The van der Waals surface area contributed by atoms with E-state index in [-0.39, 0.29) is 6.10 Å². The SMILES string of the molecule is CC(c1ccc(Cl)cc1)N(C)CC1CC(C)(C)CCC1O. The topological polar surface area (TPSA) is 23.5 Å². The van der Waals surface area contributed by atoms with Gasteiger partial charge in [0, 0.05) is 17.6 Å². The second-order valence-electron chi connectivity index (χ2n) is 7.40.